The Labute approximate surface area is 193 Å². The molecule has 15 heteroatoms. The Kier molecular flexibility index (Phi) is 6.79. The second kappa shape index (κ2) is 9.26. The van der Waals surface area contributed by atoms with Crippen molar-refractivity contribution in [3.8, 4) is 5.88 Å². The fourth-order valence-electron chi connectivity index (χ4n) is 3.43. The van der Waals surface area contributed by atoms with Gasteiger partial charge in [-0.25, -0.2) is 14.2 Å². The van der Waals surface area contributed by atoms with Crippen LogP contribution < -0.4 is 11.2 Å². The van der Waals surface area contributed by atoms with E-state index in [2.05, 4.69) is 15.2 Å². The van der Waals surface area contributed by atoms with Crippen molar-refractivity contribution >= 4 is 29.4 Å². The molecule has 3 rings (SSSR count). The van der Waals surface area contributed by atoms with Crippen LogP contribution in [0.1, 0.15) is 13.8 Å². The van der Waals surface area contributed by atoms with Gasteiger partial charge in [-0.2, -0.15) is 0 Å². The van der Waals surface area contributed by atoms with Gasteiger partial charge in [0.1, 0.15) is 6.10 Å². The summed E-state index contributed by atoms with van der Waals surface area (Å²) in [6, 6.07) is -1.68. The molecule has 0 spiro atoms. The number of ether oxygens (including phenoxy) is 1. The average molecular weight is 479 g/mol. The van der Waals surface area contributed by atoms with E-state index in [9.17, 15) is 29.4 Å². The van der Waals surface area contributed by atoms with Crippen LogP contribution >= 0.6 is 0 Å². The van der Waals surface area contributed by atoms with E-state index in [0.29, 0.717) is 0 Å². The van der Waals surface area contributed by atoms with Gasteiger partial charge in [0.2, 0.25) is 23.4 Å². The number of rotatable bonds is 6. The minimum Gasteiger partial charge on any atom is -0.493 e. The van der Waals surface area contributed by atoms with Gasteiger partial charge in [-0.15, -0.1) is 0 Å². The molecule has 3 amide bonds. The fraction of sp³-hybridized carbons (Fsp3) is 0.579. The zero-order valence-corrected chi connectivity index (χ0v) is 19.7. The normalized spacial score (nSPS) is 19.5. The Balaban J connectivity index is 2.09. The van der Waals surface area contributed by atoms with Crippen molar-refractivity contribution in [2.45, 2.75) is 32.1 Å². The molecule has 2 N–H and O–H groups in total. The quantitative estimate of drug-likeness (QED) is 0.362. The van der Waals surface area contributed by atoms with Crippen LogP contribution in [0.15, 0.2) is 24.8 Å². The number of guanidine groups is 1. The van der Waals surface area contributed by atoms with Crippen LogP contribution in [0.25, 0.3) is 0 Å². The summed E-state index contributed by atoms with van der Waals surface area (Å²) in [7, 11) is 5.22. The average Bonchev–Trinajstić information content (AvgIpc) is 3.15. The van der Waals surface area contributed by atoms with Crippen molar-refractivity contribution in [2.75, 3.05) is 27.2 Å². The molecule has 34 heavy (non-hydrogen) atoms. The maximum absolute atomic E-state index is 12.9. The number of amides is 3. The van der Waals surface area contributed by atoms with Crippen molar-refractivity contribution in [1.82, 2.24) is 18.9 Å². The number of hydrogen-bond donors (Lipinski definition) is 2. The number of carbonyl (C=O) groups is 2. The monoisotopic (exact) mass is 479 g/mol. The Bertz CT molecular complexity index is 1240. The number of nitrogens with zero attached hydrogens (tertiary/aromatic N) is 8. The molecule has 1 saturated heterocycles. The topological polar surface area (TPSA) is 174 Å². The number of amidine groups is 1. The molecule has 184 valence electrons. The SMILES string of the molecule is CC(C)OCC(O)C[N+]1=C(N=Nc2c(O)n(C)c(=O)n(C)c2=O)N=C2C1C(=O)N(C)C(=O)N2C. The summed E-state index contributed by atoms with van der Waals surface area (Å²) < 4.78 is 8.32. The van der Waals surface area contributed by atoms with Crippen LogP contribution in [0.4, 0.5) is 10.5 Å². The molecule has 2 unspecified atom stereocenters. The molecule has 0 aromatic carbocycles. The lowest BCUT2D eigenvalue weighted by molar-refractivity contribution is -0.545. The molecular weight excluding hydrogens is 452 g/mol. The Morgan fingerprint density at radius 2 is 1.71 bits per heavy atom. The maximum atomic E-state index is 12.9. The molecule has 2 aliphatic rings. The van der Waals surface area contributed by atoms with E-state index in [1.165, 1.54) is 37.7 Å². The van der Waals surface area contributed by atoms with E-state index < -0.39 is 46.9 Å². The van der Waals surface area contributed by atoms with E-state index in [4.69, 9.17) is 4.74 Å². The number of azo groups is 1. The van der Waals surface area contributed by atoms with Crippen molar-refractivity contribution in [2.24, 2.45) is 29.3 Å². The van der Waals surface area contributed by atoms with Gasteiger partial charge in [-0.3, -0.25) is 28.5 Å². The van der Waals surface area contributed by atoms with Crippen LogP contribution in [0.5, 0.6) is 5.88 Å². The van der Waals surface area contributed by atoms with E-state index in [1.807, 2.05) is 0 Å². The van der Waals surface area contributed by atoms with Crippen molar-refractivity contribution in [3.63, 3.8) is 0 Å². The van der Waals surface area contributed by atoms with Gasteiger partial charge in [0.25, 0.3) is 11.5 Å². The third-order valence-corrected chi connectivity index (χ3v) is 5.39. The Morgan fingerprint density at radius 3 is 2.32 bits per heavy atom. The summed E-state index contributed by atoms with van der Waals surface area (Å²) in [6.07, 6.45) is -1.19. The summed E-state index contributed by atoms with van der Waals surface area (Å²) >= 11 is 0. The second-order valence-electron chi connectivity index (χ2n) is 8.18. The third kappa shape index (κ3) is 4.26. The van der Waals surface area contributed by atoms with Crippen LogP contribution in [0, 0.1) is 0 Å². The van der Waals surface area contributed by atoms with Crippen LogP contribution in [0.2, 0.25) is 0 Å². The Morgan fingerprint density at radius 1 is 1.06 bits per heavy atom. The number of carbonyl (C=O) groups excluding carboxylic acids is 2. The van der Waals surface area contributed by atoms with Gasteiger partial charge >= 0.3 is 17.7 Å². The highest BCUT2D eigenvalue weighted by Gasteiger charge is 2.52. The molecule has 1 aromatic rings. The standard InChI is InChI=1S/C19H26N8O7/c1-9(2)34-8-10(28)7-27-12-13(23(3)18(32)26(6)16(12)31)20-17(27)22-21-11-14(29)24(4)19(33)25(5)15(11)30/h9-10,12,28H,7-8H2,1-6H3/p+1. The summed E-state index contributed by atoms with van der Waals surface area (Å²) in [5.41, 5.74) is -2.18. The summed E-state index contributed by atoms with van der Waals surface area (Å²) in [6.45, 7) is 3.41. The minimum atomic E-state index is -1.08. The number of urea groups is 1. The van der Waals surface area contributed by atoms with E-state index in [1.54, 1.807) is 13.8 Å². The predicted octanol–water partition coefficient (Wildman–Crippen LogP) is -1.67. The first kappa shape index (κ1) is 24.9. The van der Waals surface area contributed by atoms with Gasteiger partial charge in [0.15, 0.2) is 0 Å². The van der Waals surface area contributed by atoms with Gasteiger partial charge in [-0.05, 0) is 18.8 Å². The van der Waals surface area contributed by atoms with Crippen LogP contribution in [0.3, 0.4) is 0 Å². The first-order valence-corrected chi connectivity index (χ1v) is 10.3. The molecule has 3 heterocycles. The lowest BCUT2D eigenvalue weighted by Gasteiger charge is -2.32. The first-order chi connectivity index (χ1) is 15.9. The molecule has 1 aromatic heterocycles. The molecule has 0 saturated carbocycles. The Hall–Kier alpha value is -3.72. The number of hydrogen-bond acceptors (Lipinski definition) is 10. The molecule has 2 atom stereocenters. The highest BCUT2D eigenvalue weighted by atomic mass is 16.5. The third-order valence-electron chi connectivity index (χ3n) is 5.39. The predicted molar refractivity (Wildman–Crippen MR) is 117 cm³/mol. The number of aliphatic hydroxyl groups excluding tert-OH is 1. The number of β-amino-alcohol motifs (C(OH)–C–C–N with tert-alkyl or cyclic N) is 1. The van der Waals surface area contributed by atoms with Crippen molar-refractivity contribution < 1.29 is 29.1 Å². The van der Waals surface area contributed by atoms with Crippen molar-refractivity contribution in [3.05, 3.63) is 20.8 Å². The van der Waals surface area contributed by atoms with E-state index in [-0.39, 0.29) is 31.1 Å². The summed E-state index contributed by atoms with van der Waals surface area (Å²) in [5.74, 6) is -1.41. The lowest BCUT2D eigenvalue weighted by atomic mass is 10.1. The van der Waals surface area contributed by atoms with Crippen LogP contribution in [-0.2, 0) is 23.6 Å². The summed E-state index contributed by atoms with van der Waals surface area (Å²) in [5, 5.41) is 28.4. The number of aromatic hydroxyl groups is 1. The number of aliphatic hydroxyl groups is 1. The first-order valence-electron chi connectivity index (χ1n) is 10.3. The van der Waals surface area contributed by atoms with E-state index >= 15 is 0 Å². The largest absolute Gasteiger partial charge is 0.493 e. The molecular formula is C19H27N8O7+. The number of fused-ring (bicyclic) bond motifs is 1. The molecule has 1 fully saturated rings. The zero-order valence-electron chi connectivity index (χ0n) is 19.7. The smallest absolute Gasteiger partial charge is 0.453 e. The molecule has 15 nitrogen and oxygen atoms in total. The summed E-state index contributed by atoms with van der Waals surface area (Å²) in [4.78, 5) is 56.0. The van der Waals surface area contributed by atoms with Gasteiger partial charge < -0.3 is 14.9 Å². The number of aromatic nitrogens is 2. The molecule has 0 radical (unpaired) electrons. The highest BCUT2D eigenvalue weighted by molar-refractivity contribution is 6.22. The van der Waals surface area contributed by atoms with Gasteiger partial charge in [0.05, 0.1) is 19.3 Å². The van der Waals surface area contributed by atoms with Crippen LogP contribution in [-0.4, -0.2) is 103 Å². The second-order valence-corrected chi connectivity index (χ2v) is 8.18. The van der Waals surface area contributed by atoms with Gasteiger partial charge in [-0.1, -0.05) is 5.11 Å². The number of imide groups is 1. The fourth-order valence-corrected chi connectivity index (χ4v) is 3.43. The van der Waals surface area contributed by atoms with E-state index in [0.717, 1.165) is 14.0 Å². The van der Waals surface area contributed by atoms with Crippen molar-refractivity contribution in [1.29, 1.82) is 0 Å². The molecule has 0 aliphatic carbocycles. The van der Waals surface area contributed by atoms with Gasteiger partial charge in [0, 0.05) is 33.3 Å². The lowest BCUT2D eigenvalue weighted by Crippen LogP contribution is -2.62. The molecule has 0 bridgehead atoms. The zero-order chi connectivity index (χ0) is 25.5. The highest BCUT2D eigenvalue weighted by Crippen LogP contribution is 2.22. The number of aliphatic imine (C=N–C) groups is 1. The molecule has 2 aliphatic heterocycles. The maximum Gasteiger partial charge on any atom is 0.453 e. The minimum absolute atomic E-state index is 0.0401. The number of likely N-dealkylation sites (N-methyl/N-ethyl adjacent to an activating group) is 2.